The van der Waals surface area contributed by atoms with Crippen LogP contribution >= 0.6 is 0 Å². The van der Waals surface area contributed by atoms with E-state index >= 15 is 0 Å². The van der Waals surface area contributed by atoms with Crippen molar-refractivity contribution in [3.8, 4) is 5.69 Å². The molecule has 3 aromatic rings. The first-order chi connectivity index (χ1) is 15.8. The van der Waals surface area contributed by atoms with Gasteiger partial charge in [0.1, 0.15) is 11.2 Å². The van der Waals surface area contributed by atoms with Gasteiger partial charge in [-0.05, 0) is 50.5 Å². The molecular formula is C26H34N4O3. The van der Waals surface area contributed by atoms with Gasteiger partial charge in [-0.15, -0.1) is 0 Å². The van der Waals surface area contributed by atoms with Crippen molar-refractivity contribution in [2.45, 2.75) is 46.2 Å². The number of nitrogens with zero attached hydrogens (tertiary/aromatic N) is 3. The van der Waals surface area contributed by atoms with Gasteiger partial charge in [0.15, 0.2) is 0 Å². The molecule has 1 aromatic carbocycles. The molecule has 0 saturated carbocycles. The number of amides is 2. The fourth-order valence-corrected chi connectivity index (χ4v) is 4.71. The lowest BCUT2D eigenvalue weighted by atomic mass is 9.94. The largest absolute Gasteiger partial charge is 0.383 e. The molecule has 33 heavy (non-hydrogen) atoms. The highest BCUT2D eigenvalue weighted by Crippen LogP contribution is 2.38. The van der Waals surface area contributed by atoms with Crippen LogP contribution in [0.25, 0.3) is 16.6 Å². The predicted octanol–water partition coefficient (Wildman–Crippen LogP) is 3.76. The van der Waals surface area contributed by atoms with Gasteiger partial charge >= 0.3 is 0 Å². The van der Waals surface area contributed by atoms with E-state index in [0.717, 1.165) is 28.6 Å². The zero-order valence-corrected chi connectivity index (χ0v) is 20.2. The van der Waals surface area contributed by atoms with Crippen LogP contribution < -0.4 is 5.32 Å². The van der Waals surface area contributed by atoms with E-state index in [1.807, 2.05) is 40.6 Å². The van der Waals surface area contributed by atoms with Crippen LogP contribution in [0.15, 0.2) is 42.7 Å². The van der Waals surface area contributed by atoms with Crippen molar-refractivity contribution >= 4 is 22.7 Å². The predicted molar refractivity (Wildman–Crippen MR) is 130 cm³/mol. The third-order valence-corrected chi connectivity index (χ3v) is 6.58. The lowest BCUT2D eigenvalue weighted by Crippen LogP contribution is -2.64. The molecule has 4 rings (SSSR count). The number of fused-ring (bicyclic) bond motifs is 3. The number of hydrogen-bond acceptors (Lipinski definition) is 3. The number of methoxy groups -OCH3 is 1. The molecule has 0 radical (unpaired) electrons. The van der Waals surface area contributed by atoms with Crippen molar-refractivity contribution in [3.05, 3.63) is 54.0 Å². The summed E-state index contributed by atoms with van der Waals surface area (Å²) in [5.41, 5.74) is 2.52. The molecule has 3 heterocycles. The monoisotopic (exact) mass is 450 g/mol. The van der Waals surface area contributed by atoms with Gasteiger partial charge in [-0.2, -0.15) is 0 Å². The summed E-state index contributed by atoms with van der Waals surface area (Å²) in [5.74, 6) is 0.204. The van der Waals surface area contributed by atoms with Gasteiger partial charge in [0.25, 0.3) is 5.91 Å². The van der Waals surface area contributed by atoms with E-state index in [9.17, 15) is 9.59 Å². The number of rotatable bonds is 8. The van der Waals surface area contributed by atoms with Gasteiger partial charge in [-0.25, -0.2) is 0 Å². The molecule has 7 heteroatoms. The Hall–Kier alpha value is -3.06. The van der Waals surface area contributed by atoms with Gasteiger partial charge in [-0.3, -0.25) is 9.59 Å². The molecule has 1 atom stereocenters. The maximum atomic E-state index is 14.1. The third-order valence-electron chi connectivity index (χ3n) is 6.58. The van der Waals surface area contributed by atoms with Crippen molar-refractivity contribution in [2.75, 3.05) is 26.8 Å². The second kappa shape index (κ2) is 9.06. The van der Waals surface area contributed by atoms with Crippen LogP contribution in [0.4, 0.5) is 0 Å². The Kier molecular flexibility index (Phi) is 6.34. The minimum Gasteiger partial charge on any atom is -0.383 e. The summed E-state index contributed by atoms with van der Waals surface area (Å²) < 4.78 is 9.32. The number of hydrogen-bond donors (Lipinski definition) is 1. The molecule has 176 valence electrons. The van der Waals surface area contributed by atoms with E-state index in [2.05, 4.69) is 44.3 Å². The molecular weight excluding hydrogens is 416 g/mol. The standard InChI is InChI=1S/C26H34N4O3/c1-18(2)10-11-27-25(32)26(4)17-29-21-9-8-19(3)16-20(21)22(28-12-6-7-13-28)23(29)24(31)30(26)14-15-33-5/h6-9,12-13,16,18H,10-11,14-15,17H2,1-5H3,(H,27,32). The molecule has 1 aliphatic heterocycles. The van der Waals surface area contributed by atoms with Crippen molar-refractivity contribution in [1.29, 1.82) is 0 Å². The summed E-state index contributed by atoms with van der Waals surface area (Å²) in [4.78, 5) is 29.2. The lowest BCUT2D eigenvalue weighted by Gasteiger charge is -2.44. The molecule has 1 unspecified atom stereocenters. The van der Waals surface area contributed by atoms with Crippen molar-refractivity contribution in [3.63, 3.8) is 0 Å². The maximum Gasteiger partial charge on any atom is 0.273 e. The van der Waals surface area contributed by atoms with Crippen LogP contribution in [-0.2, 0) is 16.1 Å². The second-order valence-electron chi connectivity index (χ2n) is 9.56. The fourth-order valence-electron chi connectivity index (χ4n) is 4.71. The van der Waals surface area contributed by atoms with Gasteiger partial charge in [0, 0.05) is 38.0 Å². The Labute approximate surface area is 195 Å². The van der Waals surface area contributed by atoms with Crippen LogP contribution in [0.2, 0.25) is 0 Å². The molecule has 0 spiro atoms. The van der Waals surface area contributed by atoms with E-state index in [1.165, 1.54) is 0 Å². The Morgan fingerprint density at radius 1 is 1.24 bits per heavy atom. The quantitative estimate of drug-likeness (QED) is 0.568. The molecule has 1 aliphatic rings. The van der Waals surface area contributed by atoms with Crippen molar-refractivity contribution < 1.29 is 14.3 Å². The molecule has 1 N–H and O–H groups in total. The third kappa shape index (κ3) is 4.06. The Morgan fingerprint density at radius 2 is 1.97 bits per heavy atom. The number of carbonyl (C=O) groups is 2. The number of aromatic nitrogens is 2. The number of ether oxygens (including phenoxy) is 1. The first kappa shape index (κ1) is 23.1. The van der Waals surface area contributed by atoms with Gasteiger partial charge in [0.2, 0.25) is 5.91 Å². The molecule has 0 fully saturated rings. The smallest absolute Gasteiger partial charge is 0.273 e. The van der Waals surface area contributed by atoms with Gasteiger partial charge in [-0.1, -0.05) is 25.5 Å². The summed E-state index contributed by atoms with van der Waals surface area (Å²) in [6.45, 7) is 9.85. The SMILES string of the molecule is COCCN1C(=O)c2c(-n3cccc3)c3cc(C)ccc3n2CC1(C)C(=O)NCCC(C)C. The van der Waals surface area contributed by atoms with Crippen LogP contribution in [-0.4, -0.2) is 58.2 Å². The van der Waals surface area contributed by atoms with Gasteiger partial charge < -0.3 is 24.1 Å². The molecule has 0 aliphatic carbocycles. The lowest BCUT2D eigenvalue weighted by molar-refractivity contribution is -0.133. The van der Waals surface area contributed by atoms with Crippen LogP contribution in [0.1, 0.15) is 43.2 Å². The molecule has 7 nitrogen and oxygen atoms in total. The van der Waals surface area contributed by atoms with Crippen molar-refractivity contribution in [2.24, 2.45) is 5.92 Å². The van der Waals surface area contributed by atoms with Gasteiger partial charge in [0.05, 0.1) is 24.4 Å². The normalized spacial score (nSPS) is 18.2. The first-order valence-electron chi connectivity index (χ1n) is 11.6. The number of benzene rings is 1. The number of nitrogens with one attached hydrogen (secondary N) is 1. The Morgan fingerprint density at radius 3 is 2.64 bits per heavy atom. The summed E-state index contributed by atoms with van der Waals surface area (Å²) in [5, 5.41) is 4.09. The topological polar surface area (TPSA) is 68.5 Å². The second-order valence-corrected chi connectivity index (χ2v) is 9.56. The highest BCUT2D eigenvalue weighted by Gasteiger charge is 2.48. The zero-order valence-electron chi connectivity index (χ0n) is 20.2. The Bertz CT molecular complexity index is 1160. The van der Waals surface area contributed by atoms with E-state index in [0.29, 0.717) is 37.9 Å². The number of carbonyl (C=O) groups excluding carboxylic acids is 2. The molecule has 0 bridgehead atoms. The van der Waals surface area contributed by atoms with E-state index in [-0.39, 0.29) is 11.8 Å². The summed E-state index contributed by atoms with van der Waals surface area (Å²) in [6.07, 6.45) is 4.80. The maximum absolute atomic E-state index is 14.1. The van der Waals surface area contributed by atoms with Crippen molar-refractivity contribution in [1.82, 2.24) is 19.4 Å². The fraction of sp³-hybridized carbons (Fsp3) is 0.462. The van der Waals surface area contributed by atoms with Crippen LogP contribution in [0, 0.1) is 12.8 Å². The number of aryl methyl sites for hydroxylation is 1. The molecule has 2 aromatic heterocycles. The van der Waals surface area contributed by atoms with E-state index in [1.54, 1.807) is 12.0 Å². The highest BCUT2D eigenvalue weighted by atomic mass is 16.5. The summed E-state index contributed by atoms with van der Waals surface area (Å²) >= 11 is 0. The van der Waals surface area contributed by atoms with Crippen LogP contribution in [0.5, 0.6) is 0 Å². The van der Waals surface area contributed by atoms with Crippen LogP contribution in [0.3, 0.4) is 0 Å². The average Bonchev–Trinajstić information content (AvgIpc) is 3.39. The summed E-state index contributed by atoms with van der Waals surface area (Å²) in [6, 6.07) is 10.1. The Balaban J connectivity index is 1.86. The molecule has 0 saturated heterocycles. The summed E-state index contributed by atoms with van der Waals surface area (Å²) in [7, 11) is 1.61. The minimum absolute atomic E-state index is 0.130. The van der Waals surface area contributed by atoms with E-state index < -0.39 is 5.54 Å². The zero-order chi connectivity index (χ0) is 23.8. The highest BCUT2D eigenvalue weighted by molar-refractivity contribution is 6.09. The minimum atomic E-state index is -1.02. The average molecular weight is 451 g/mol. The molecule has 2 amide bonds. The first-order valence-corrected chi connectivity index (χ1v) is 11.6. The van der Waals surface area contributed by atoms with E-state index in [4.69, 9.17) is 4.74 Å².